The number of hydrogen-bond donors (Lipinski definition) is 1. The Balaban J connectivity index is 1.91. The molecule has 2 aromatic rings. The molecule has 6 nitrogen and oxygen atoms in total. The standard InChI is InChI=1S/C17H23FN4O2/c1-12(19-2)11-15-20-17(24-21-15)16(22-7-9-23-10-8-22)13-5-3-4-6-14(13)18/h3-6,12,16,19H,7-11H2,1-2H3. The number of ether oxygens (including phenoxy) is 1. The molecule has 1 fully saturated rings. The van der Waals surface area contributed by atoms with E-state index in [-0.39, 0.29) is 17.9 Å². The third kappa shape index (κ3) is 3.80. The normalized spacial score (nSPS) is 18.5. The Morgan fingerprint density at radius 2 is 2.04 bits per heavy atom. The van der Waals surface area contributed by atoms with Crippen LogP contribution >= 0.6 is 0 Å². The minimum absolute atomic E-state index is 0.241. The van der Waals surface area contributed by atoms with Gasteiger partial charge in [0.25, 0.3) is 0 Å². The number of rotatable bonds is 6. The highest BCUT2D eigenvalue weighted by Gasteiger charge is 2.31. The van der Waals surface area contributed by atoms with Gasteiger partial charge in [-0.3, -0.25) is 4.90 Å². The summed E-state index contributed by atoms with van der Waals surface area (Å²) in [5.41, 5.74) is 0.552. The third-order valence-electron chi connectivity index (χ3n) is 4.31. The zero-order valence-electron chi connectivity index (χ0n) is 14.0. The van der Waals surface area contributed by atoms with Crippen LogP contribution in [0.5, 0.6) is 0 Å². The molecule has 1 saturated heterocycles. The Hall–Kier alpha value is -1.83. The summed E-state index contributed by atoms with van der Waals surface area (Å²) in [5.74, 6) is 0.791. The Labute approximate surface area is 141 Å². The van der Waals surface area contributed by atoms with Crippen molar-refractivity contribution >= 4 is 0 Å². The predicted molar refractivity (Wildman–Crippen MR) is 87.2 cm³/mol. The molecule has 0 bridgehead atoms. The number of nitrogens with one attached hydrogen (secondary N) is 1. The lowest BCUT2D eigenvalue weighted by Gasteiger charge is -2.32. The second-order valence-corrected chi connectivity index (χ2v) is 6.02. The van der Waals surface area contributed by atoms with Gasteiger partial charge in [-0.1, -0.05) is 23.4 Å². The van der Waals surface area contributed by atoms with E-state index in [1.165, 1.54) is 6.07 Å². The van der Waals surface area contributed by atoms with Gasteiger partial charge >= 0.3 is 0 Å². The molecule has 1 aliphatic heterocycles. The van der Waals surface area contributed by atoms with Crippen LogP contribution in [0.1, 0.15) is 30.2 Å². The summed E-state index contributed by atoms with van der Waals surface area (Å²) in [4.78, 5) is 6.65. The molecule has 7 heteroatoms. The van der Waals surface area contributed by atoms with Gasteiger partial charge in [0.15, 0.2) is 5.82 Å². The molecule has 2 atom stereocenters. The van der Waals surface area contributed by atoms with Crippen LogP contribution in [0, 0.1) is 5.82 Å². The summed E-state index contributed by atoms with van der Waals surface area (Å²) in [6, 6.07) is 6.60. The van der Waals surface area contributed by atoms with Crippen LogP contribution in [-0.2, 0) is 11.2 Å². The molecule has 3 rings (SSSR count). The first kappa shape index (κ1) is 17.0. The molecule has 0 amide bonds. The second-order valence-electron chi connectivity index (χ2n) is 6.02. The van der Waals surface area contributed by atoms with E-state index in [2.05, 4.69) is 20.4 Å². The first-order chi connectivity index (χ1) is 11.7. The van der Waals surface area contributed by atoms with Gasteiger partial charge in [-0.15, -0.1) is 0 Å². The minimum atomic E-state index is -0.388. The predicted octanol–water partition coefficient (Wildman–Crippen LogP) is 1.78. The number of aromatic nitrogens is 2. The molecular weight excluding hydrogens is 311 g/mol. The summed E-state index contributed by atoms with van der Waals surface area (Å²) in [5, 5.41) is 7.22. The molecule has 1 N–H and O–H groups in total. The van der Waals surface area contributed by atoms with Crippen molar-refractivity contribution < 1.29 is 13.7 Å². The van der Waals surface area contributed by atoms with Crippen molar-refractivity contribution in [2.75, 3.05) is 33.4 Å². The number of hydrogen-bond acceptors (Lipinski definition) is 6. The number of morpholine rings is 1. The minimum Gasteiger partial charge on any atom is -0.379 e. The van der Waals surface area contributed by atoms with Crippen LogP contribution < -0.4 is 5.32 Å². The Morgan fingerprint density at radius 3 is 2.75 bits per heavy atom. The average molecular weight is 334 g/mol. The average Bonchev–Trinajstić information content (AvgIpc) is 3.05. The van der Waals surface area contributed by atoms with Crippen molar-refractivity contribution in [1.29, 1.82) is 0 Å². The monoisotopic (exact) mass is 334 g/mol. The lowest BCUT2D eigenvalue weighted by molar-refractivity contribution is 0.0174. The van der Waals surface area contributed by atoms with E-state index >= 15 is 0 Å². The maximum absolute atomic E-state index is 14.4. The van der Waals surface area contributed by atoms with Crippen molar-refractivity contribution in [3.05, 3.63) is 47.4 Å². The van der Waals surface area contributed by atoms with Crippen LogP contribution in [0.3, 0.4) is 0 Å². The Morgan fingerprint density at radius 1 is 1.29 bits per heavy atom. The fourth-order valence-corrected chi connectivity index (χ4v) is 2.86. The van der Waals surface area contributed by atoms with E-state index in [1.54, 1.807) is 12.1 Å². The van der Waals surface area contributed by atoms with E-state index in [0.717, 1.165) is 0 Å². The summed E-state index contributed by atoms with van der Waals surface area (Å²) < 4.78 is 25.3. The highest BCUT2D eigenvalue weighted by atomic mass is 19.1. The van der Waals surface area contributed by atoms with E-state index < -0.39 is 0 Å². The van der Waals surface area contributed by atoms with Gasteiger partial charge in [0.1, 0.15) is 11.9 Å². The molecule has 0 spiro atoms. The van der Waals surface area contributed by atoms with Crippen LogP contribution in [0.15, 0.2) is 28.8 Å². The molecule has 1 aromatic carbocycles. The van der Waals surface area contributed by atoms with Crippen molar-refractivity contribution in [1.82, 2.24) is 20.4 Å². The SMILES string of the molecule is CNC(C)Cc1noc(C(c2ccccc2F)N2CCOCC2)n1. The summed E-state index contributed by atoms with van der Waals surface area (Å²) in [7, 11) is 1.89. The number of nitrogens with zero attached hydrogens (tertiary/aromatic N) is 3. The molecule has 1 aromatic heterocycles. The van der Waals surface area contributed by atoms with Crippen molar-refractivity contribution in [2.45, 2.75) is 25.4 Å². The van der Waals surface area contributed by atoms with E-state index in [4.69, 9.17) is 9.26 Å². The van der Waals surface area contributed by atoms with Gasteiger partial charge < -0.3 is 14.6 Å². The zero-order valence-corrected chi connectivity index (χ0v) is 14.0. The van der Waals surface area contributed by atoms with Crippen LogP contribution in [0.4, 0.5) is 4.39 Å². The highest BCUT2D eigenvalue weighted by Crippen LogP contribution is 2.30. The second kappa shape index (κ2) is 7.83. The van der Waals surface area contributed by atoms with E-state index in [1.807, 2.05) is 20.0 Å². The maximum Gasteiger partial charge on any atom is 0.248 e. The summed E-state index contributed by atoms with van der Waals surface area (Å²) in [6.07, 6.45) is 0.660. The molecule has 0 radical (unpaired) electrons. The molecule has 1 aliphatic rings. The number of halogens is 1. The maximum atomic E-state index is 14.4. The van der Waals surface area contributed by atoms with Crippen LogP contribution in [0.25, 0.3) is 0 Å². The van der Waals surface area contributed by atoms with Gasteiger partial charge in [-0.25, -0.2) is 4.39 Å². The van der Waals surface area contributed by atoms with Gasteiger partial charge in [-0.05, 0) is 20.0 Å². The highest BCUT2D eigenvalue weighted by molar-refractivity contribution is 5.26. The van der Waals surface area contributed by atoms with Crippen molar-refractivity contribution in [2.24, 2.45) is 0 Å². The quantitative estimate of drug-likeness (QED) is 0.869. The first-order valence-corrected chi connectivity index (χ1v) is 8.25. The molecule has 2 unspecified atom stereocenters. The lowest BCUT2D eigenvalue weighted by atomic mass is 10.0. The van der Waals surface area contributed by atoms with Gasteiger partial charge in [0.2, 0.25) is 5.89 Å². The topological polar surface area (TPSA) is 63.4 Å². The van der Waals surface area contributed by atoms with E-state index in [9.17, 15) is 4.39 Å². The van der Waals surface area contributed by atoms with Crippen LogP contribution in [0.2, 0.25) is 0 Å². The summed E-state index contributed by atoms with van der Waals surface area (Å²) in [6.45, 7) is 4.67. The molecule has 2 heterocycles. The first-order valence-electron chi connectivity index (χ1n) is 8.25. The van der Waals surface area contributed by atoms with Gasteiger partial charge in [-0.2, -0.15) is 4.98 Å². The molecule has 0 aliphatic carbocycles. The van der Waals surface area contributed by atoms with Crippen LogP contribution in [-0.4, -0.2) is 54.4 Å². The van der Waals surface area contributed by atoms with Crippen molar-refractivity contribution in [3.63, 3.8) is 0 Å². The number of benzene rings is 1. The fraction of sp³-hybridized carbons (Fsp3) is 0.529. The Kier molecular flexibility index (Phi) is 5.55. The molecule has 0 saturated carbocycles. The molecule has 24 heavy (non-hydrogen) atoms. The smallest absolute Gasteiger partial charge is 0.248 e. The summed E-state index contributed by atoms with van der Waals surface area (Å²) >= 11 is 0. The third-order valence-corrected chi connectivity index (χ3v) is 4.31. The van der Waals surface area contributed by atoms with Crippen molar-refractivity contribution in [3.8, 4) is 0 Å². The lowest BCUT2D eigenvalue weighted by Crippen LogP contribution is -2.40. The molecule has 130 valence electrons. The zero-order chi connectivity index (χ0) is 16.9. The van der Waals surface area contributed by atoms with Gasteiger partial charge in [0, 0.05) is 31.1 Å². The van der Waals surface area contributed by atoms with Gasteiger partial charge in [0.05, 0.1) is 13.2 Å². The Bertz CT molecular complexity index is 658. The van der Waals surface area contributed by atoms with E-state index in [0.29, 0.717) is 50.0 Å². The fourth-order valence-electron chi connectivity index (χ4n) is 2.86. The molecular formula is C17H23FN4O2. The largest absolute Gasteiger partial charge is 0.379 e. The number of likely N-dealkylation sites (N-methyl/N-ethyl adjacent to an activating group) is 1.